The molecular weight excluding hydrogens is 352 g/mol. The summed E-state index contributed by atoms with van der Waals surface area (Å²) in [6.45, 7) is 2.27. The number of carbonyl (C=O) groups is 2. The van der Waals surface area contributed by atoms with Crippen LogP contribution in [0, 0.1) is 0 Å². The predicted octanol–water partition coefficient (Wildman–Crippen LogP) is 4.84. The highest BCUT2D eigenvalue weighted by Gasteiger charge is 2.08. The van der Waals surface area contributed by atoms with Gasteiger partial charge < -0.3 is 0 Å². The van der Waals surface area contributed by atoms with Crippen LogP contribution in [-0.2, 0) is 9.59 Å². The van der Waals surface area contributed by atoms with Gasteiger partial charge in [0.25, 0.3) is 0 Å². The highest BCUT2D eigenvalue weighted by molar-refractivity contribution is 5.83. The van der Waals surface area contributed by atoms with Crippen LogP contribution in [0.5, 0.6) is 0 Å². The van der Waals surface area contributed by atoms with Gasteiger partial charge >= 0.3 is 0 Å². The molecule has 0 fully saturated rings. The van der Waals surface area contributed by atoms with E-state index in [9.17, 15) is 9.59 Å². The van der Waals surface area contributed by atoms with Crippen molar-refractivity contribution in [1.29, 1.82) is 0 Å². The number of nitrogens with two attached hydrogens (primary N) is 2. The highest BCUT2D eigenvalue weighted by atomic mass is 16.2. The zero-order valence-electron chi connectivity index (χ0n) is 18.1. The number of unbranched alkanes of at least 4 members (excludes halogenated alkanes) is 14. The summed E-state index contributed by atoms with van der Waals surface area (Å²) in [5, 5.41) is 1.05. The van der Waals surface area contributed by atoms with Crippen LogP contribution >= 0.6 is 0 Å². The maximum atomic E-state index is 11.7. The Hall–Kier alpha value is -1.40. The standard InChI is InChI=1S/C22H44N4O2/c1-2-3-4-5-6-7-8-9-10-11-12-13-14-15-16-17-20-26(24)22(28)19-18-21(27)25-23/h17,20H,2-16,18-19,23-24H2,1H3,(H,25,27). The molecule has 2 amide bonds. The molecule has 0 aliphatic carbocycles. The van der Waals surface area contributed by atoms with Crippen molar-refractivity contribution >= 4 is 11.8 Å². The van der Waals surface area contributed by atoms with Crippen molar-refractivity contribution in [3.05, 3.63) is 12.3 Å². The summed E-state index contributed by atoms with van der Waals surface area (Å²) < 4.78 is 0. The summed E-state index contributed by atoms with van der Waals surface area (Å²) in [7, 11) is 0. The third kappa shape index (κ3) is 18.0. The lowest BCUT2D eigenvalue weighted by molar-refractivity contribution is -0.131. The summed E-state index contributed by atoms with van der Waals surface area (Å²) in [5.41, 5.74) is 1.99. The van der Waals surface area contributed by atoms with E-state index in [2.05, 4.69) is 6.92 Å². The third-order valence-corrected chi connectivity index (χ3v) is 5.01. The fraction of sp³-hybridized carbons (Fsp3) is 0.818. The van der Waals surface area contributed by atoms with Crippen LogP contribution in [0.1, 0.15) is 116 Å². The number of rotatable bonds is 19. The van der Waals surface area contributed by atoms with E-state index in [-0.39, 0.29) is 24.7 Å². The average Bonchev–Trinajstić information content (AvgIpc) is 2.71. The van der Waals surface area contributed by atoms with Gasteiger partial charge in [0.15, 0.2) is 0 Å². The molecule has 164 valence electrons. The summed E-state index contributed by atoms with van der Waals surface area (Å²) in [6.07, 6.45) is 23.4. The van der Waals surface area contributed by atoms with Gasteiger partial charge in [-0.15, -0.1) is 0 Å². The van der Waals surface area contributed by atoms with Gasteiger partial charge in [-0.2, -0.15) is 0 Å². The SMILES string of the molecule is CCCCCCCCCCCCCCCCC=CN(N)C(=O)CCC(=O)NN. The number of allylic oxidation sites excluding steroid dienone is 1. The number of nitrogens with zero attached hydrogens (tertiary/aromatic N) is 1. The largest absolute Gasteiger partial charge is 0.294 e. The molecule has 6 nitrogen and oxygen atoms in total. The molecule has 0 saturated heterocycles. The van der Waals surface area contributed by atoms with Crippen molar-refractivity contribution in [1.82, 2.24) is 10.4 Å². The van der Waals surface area contributed by atoms with Gasteiger partial charge in [-0.25, -0.2) is 11.7 Å². The fourth-order valence-electron chi connectivity index (χ4n) is 3.15. The number of hydrogen-bond donors (Lipinski definition) is 3. The topological polar surface area (TPSA) is 101 Å². The van der Waals surface area contributed by atoms with E-state index in [1.165, 1.54) is 83.5 Å². The zero-order valence-corrected chi connectivity index (χ0v) is 18.1. The van der Waals surface area contributed by atoms with Crippen molar-refractivity contribution in [2.24, 2.45) is 11.7 Å². The number of nitrogens with one attached hydrogen (secondary N) is 1. The summed E-state index contributed by atoms with van der Waals surface area (Å²) >= 11 is 0. The van der Waals surface area contributed by atoms with Gasteiger partial charge in [0.1, 0.15) is 0 Å². The third-order valence-electron chi connectivity index (χ3n) is 5.01. The Morgan fingerprint density at radius 1 is 0.786 bits per heavy atom. The molecular formula is C22H44N4O2. The molecule has 0 bridgehead atoms. The van der Waals surface area contributed by atoms with Crippen LogP contribution < -0.4 is 17.1 Å². The molecule has 0 unspecified atom stereocenters. The van der Waals surface area contributed by atoms with Gasteiger partial charge in [-0.05, 0) is 12.8 Å². The number of amides is 2. The second kappa shape index (κ2) is 20.3. The van der Waals surface area contributed by atoms with E-state index in [1.807, 2.05) is 11.5 Å². The summed E-state index contributed by atoms with van der Waals surface area (Å²) in [5.74, 6) is 9.95. The van der Waals surface area contributed by atoms with Gasteiger partial charge in [-0.3, -0.25) is 20.0 Å². The first-order chi connectivity index (χ1) is 13.6. The second-order valence-electron chi connectivity index (χ2n) is 7.64. The second-order valence-corrected chi connectivity index (χ2v) is 7.64. The summed E-state index contributed by atoms with van der Waals surface area (Å²) in [6, 6.07) is 0. The molecule has 5 N–H and O–H groups in total. The number of carbonyl (C=O) groups excluding carboxylic acids is 2. The minimum absolute atomic E-state index is 0.0514. The van der Waals surface area contributed by atoms with Crippen LogP contribution in [-0.4, -0.2) is 16.8 Å². The first-order valence-electron chi connectivity index (χ1n) is 11.3. The number of hydrazine groups is 2. The Bertz CT molecular complexity index is 413. The maximum Gasteiger partial charge on any atom is 0.241 e. The van der Waals surface area contributed by atoms with Gasteiger partial charge in [0.05, 0.1) is 0 Å². The van der Waals surface area contributed by atoms with Crippen LogP contribution in [0.2, 0.25) is 0 Å². The van der Waals surface area contributed by atoms with Crippen molar-refractivity contribution in [3.8, 4) is 0 Å². The Labute approximate surface area is 172 Å². The lowest BCUT2D eigenvalue weighted by Gasteiger charge is -2.10. The quantitative estimate of drug-likeness (QED) is 0.126. The Kier molecular flexibility index (Phi) is 19.3. The number of hydrogen-bond acceptors (Lipinski definition) is 4. The van der Waals surface area contributed by atoms with Crippen LogP contribution in [0.4, 0.5) is 0 Å². The van der Waals surface area contributed by atoms with Crippen molar-refractivity contribution in [2.45, 2.75) is 116 Å². The van der Waals surface area contributed by atoms with E-state index in [1.54, 1.807) is 6.20 Å². The van der Waals surface area contributed by atoms with E-state index in [4.69, 9.17) is 11.7 Å². The van der Waals surface area contributed by atoms with Crippen molar-refractivity contribution < 1.29 is 9.59 Å². The molecule has 6 heteroatoms. The van der Waals surface area contributed by atoms with E-state index < -0.39 is 0 Å². The van der Waals surface area contributed by atoms with E-state index in [0.717, 1.165) is 17.9 Å². The lowest BCUT2D eigenvalue weighted by atomic mass is 10.0. The van der Waals surface area contributed by atoms with Gasteiger partial charge in [0.2, 0.25) is 11.8 Å². The molecule has 0 rings (SSSR count). The van der Waals surface area contributed by atoms with Crippen molar-refractivity contribution in [2.75, 3.05) is 0 Å². The van der Waals surface area contributed by atoms with E-state index >= 15 is 0 Å². The zero-order chi connectivity index (χ0) is 20.9. The van der Waals surface area contributed by atoms with Crippen molar-refractivity contribution in [3.63, 3.8) is 0 Å². The predicted molar refractivity (Wildman–Crippen MR) is 117 cm³/mol. The van der Waals surface area contributed by atoms with Crippen LogP contribution in [0.25, 0.3) is 0 Å². The van der Waals surface area contributed by atoms with E-state index in [0.29, 0.717) is 0 Å². The molecule has 28 heavy (non-hydrogen) atoms. The molecule has 0 aliphatic heterocycles. The molecule has 0 heterocycles. The smallest absolute Gasteiger partial charge is 0.241 e. The Morgan fingerprint density at radius 3 is 1.71 bits per heavy atom. The van der Waals surface area contributed by atoms with Crippen LogP contribution in [0.15, 0.2) is 12.3 Å². The molecule has 0 aromatic rings. The minimum atomic E-state index is -0.367. The van der Waals surface area contributed by atoms with Gasteiger partial charge in [-0.1, -0.05) is 96.5 Å². The minimum Gasteiger partial charge on any atom is -0.294 e. The molecule has 0 atom stereocenters. The van der Waals surface area contributed by atoms with Gasteiger partial charge in [0, 0.05) is 19.0 Å². The first-order valence-corrected chi connectivity index (χ1v) is 11.3. The Balaban J connectivity index is 3.37. The molecule has 0 aliphatic rings. The average molecular weight is 397 g/mol. The molecule has 0 spiro atoms. The molecule has 0 aromatic heterocycles. The monoisotopic (exact) mass is 396 g/mol. The lowest BCUT2D eigenvalue weighted by Crippen LogP contribution is -2.35. The fourth-order valence-corrected chi connectivity index (χ4v) is 3.15. The maximum absolute atomic E-state index is 11.7. The normalized spacial score (nSPS) is 11.1. The molecule has 0 aromatic carbocycles. The molecule has 0 saturated carbocycles. The first kappa shape index (κ1) is 26.6. The Morgan fingerprint density at radius 2 is 1.25 bits per heavy atom. The highest BCUT2D eigenvalue weighted by Crippen LogP contribution is 2.13. The van der Waals surface area contributed by atoms with Crippen LogP contribution in [0.3, 0.4) is 0 Å². The molecule has 0 radical (unpaired) electrons. The summed E-state index contributed by atoms with van der Waals surface area (Å²) in [4.78, 5) is 22.7.